The van der Waals surface area contributed by atoms with Crippen molar-refractivity contribution in [2.24, 2.45) is 0 Å². The zero-order chi connectivity index (χ0) is 25.0. The van der Waals surface area contributed by atoms with E-state index in [0.717, 1.165) is 9.75 Å². The van der Waals surface area contributed by atoms with Crippen LogP contribution in [0.15, 0.2) is 36.4 Å². The van der Waals surface area contributed by atoms with Gasteiger partial charge in [-0.1, -0.05) is 6.07 Å². The summed E-state index contributed by atoms with van der Waals surface area (Å²) in [5, 5.41) is 13.7. The Morgan fingerprint density at radius 2 is 1.91 bits per heavy atom. The molecule has 2 atom stereocenters. The van der Waals surface area contributed by atoms with E-state index in [0.29, 0.717) is 5.75 Å². The van der Waals surface area contributed by atoms with Crippen LogP contribution in [0.4, 0.5) is 10.5 Å². The summed E-state index contributed by atoms with van der Waals surface area (Å²) >= 11 is 3.03. The number of nitrogens with one attached hydrogen (secondary N) is 2. The summed E-state index contributed by atoms with van der Waals surface area (Å²) in [7, 11) is 0. The molecule has 1 aromatic heterocycles. The van der Waals surface area contributed by atoms with Crippen molar-refractivity contribution < 1.29 is 29.0 Å². The Kier molecular flexibility index (Phi) is 7.88. The van der Waals surface area contributed by atoms with Crippen molar-refractivity contribution in [2.45, 2.75) is 44.7 Å². The number of esters is 1. The SMILES string of the molecule is Cc1ccc(C2SC[C@@H](C(=O)OC(C)(C)C)N2C(=O)CNC(=O)Nc2cccc(C(=O)O)c2)s1. The highest BCUT2D eigenvalue weighted by atomic mass is 32.2. The number of carbonyl (C=O) groups is 4. The molecule has 1 aliphatic rings. The number of benzene rings is 1. The van der Waals surface area contributed by atoms with E-state index in [-0.39, 0.29) is 23.2 Å². The average Bonchev–Trinajstić information content (AvgIpc) is 3.37. The summed E-state index contributed by atoms with van der Waals surface area (Å²) in [6.45, 7) is 6.93. The molecule has 0 saturated carbocycles. The average molecular weight is 506 g/mol. The number of carbonyl (C=O) groups excluding carboxylic acids is 3. The maximum Gasteiger partial charge on any atom is 0.335 e. The first-order valence-corrected chi connectivity index (χ1v) is 12.4. The zero-order valence-electron chi connectivity index (χ0n) is 19.3. The molecule has 1 aromatic carbocycles. The molecule has 1 saturated heterocycles. The third-order valence-corrected chi connectivity index (χ3v) is 7.25. The van der Waals surface area contributed by atoms with Crippen LogP contribution in [-0.2, 0) is 14.3 Å². The fourth-order valence-corrected chi connectivity index (χ4v) is 5.86. The first-order valence-electron chi connectivity index (χ1n) is 10.5. The molecular formula is C23H27N3O6S2. The smallest absolute Gasteiger partial charge is 0.335 e. The summed E-state index contributed by atoms with van der Waals surface area (Å²) in [6, 6.07) is 8.22. The van der Waals surface area contributed by atoms with Gasteiger partial charge in [0.15, 0.2) is 0 Å². The molecule has 1 unspecified atom stereocenters. The van der Waals surface area contributed by atoms with Crippen LogP contribution in [0.5, 0.6) is 0 Å². The fraction of sp³-hybridized carbons (Fsp3) is 0.391. The minimum atomic E-state index is -1.12. The Bertz CT molecular complexity index is 1090. The Hall–Kier alpha value is -3.05. The number of aromatic carboxylic acids is 1. The number of rotatable bonds is 6. The van der Waals surface area contributed by atoms with Gasteiger partial charge in [-0.15, -0.1) is 23.1 Å². The highest BCUT2D eigenvalue weighted by Gasteiger charge is 2.44. The summed E-state index contributed by atoms with van der Waals surface area (Å²) < 4.78 is 5.54. The van der Waals surface area contributed by atoms with Gasteiger partial charge in [-0.05, 0) is 58.0 Å². The second-order valence-electron chi connectivity index (χ2n) is 8.68. The quantitative estimate of drug-likeness (QED) is 0.509. The molecule has 0 radical (unpaired) electrons. The highest BCUT2D eigenvalue weighted by Crippen LogP contribution is 2.44. The number of nitrogens with zero attached hydrogens (tertiary/aromatic N) is 1. The molecule has 0 bridgehead atoms. The van der Waals surface area contributed by atoms with Gasteiger partial charge < -0.3 is 25.4 Å². The van der Waals surface area contributed by atoms with E-state index in [2.05, 4.69) is 10.6 Å². The zero-order valence-corrected chi connectivity index (χ0v) is 20.9. The Morgan fingerprint density at radius 1 is 1.18 bits per heavy atom. The van der Waals surface area contributed by atoms with Gasteiger partial charge in [0.1, 0.15) is 17.0 Å². The van der Waals surface area contributed by atoms with Crippen molar-refractivity contribution in [3.63, 3.8) is 0 Å². The molecular weight excluding hydrogens is 478 g/mol. The van der Waals surface area contributed by atoms with Gasteiger partial charge in [0, 0.05) is 21.2 Å². The van der Waals surface area contributed by atoms with E-state index in [9.17, 15) is 19.2 Å². The predicted octanol–water partition coefficient (Wildman–Crippen LogP) is 3.86. The topological polar surface area (TPSA) is 125 Å². The summed E-state index contributed by atoms with van der Waals surface area (Å²) in [5.41, 5.74) is -0.395. The maximum atomic E-state index is 13.2. The van der Waals surface area contributed by atoms with Crippen LogP contribution in [0.1, 0.15) is 46.3 Å². The fourth-order valence-electron chi connectivity index (χ4n) is 3.32. The third-order valence-electron chi connectivity index (χ3n) is 4.74. The normalized spacial score (nSPS) is 17.8. The number of thioether (sulfide) groups is 1. The van der Waals surface area contributed by atoms with Crippen molar-refractivity contribution in [3.05, 3.63) is 51.7 Å². The van der Waals surface area contributed by atoms with Crippen LogP contribution in [0.2, 0.25) is 0 Å². The Morgan fingerprint density at radius 3 is 2.53 bits per heavy atom. The van der Waals surface area contributed by atoms with Gasteiger partial charge in [-0.3, -0.25) is 4.79 Å². The van der Waals surface area contributed by atoms with E-state index >= 15 is 0 Å². The van der Waals surface area contributed by atoms with Crippen molar-refractivity contribution in [1.82, 2.24) is 10.2 Å². The van der Waals surface area contributed by atoms with Gasteiger partial charge in [0.05, 0.1) is 12.1 Å². The van der Waals surface area contributed by atoms with Gasteiger partial charge >= 0.3 is 18.0 Å². The number of hydrogen-bond acceptors (Lipinski definition) is 7. The van der Waals surface area contributed by atoms with Gasteiger partial charge in [-0.2, -0.15) is 0 Å². The molecule has 0 aliphatic carbocycles. The van der Waals surface area contributed by atoms with Crippen LogP contribution in [0.3, 0.4) is 0 Å². The van der Waals surface area contributed by atoms with Gasteiger partial charge in [0.25, 0.3) is 0 Å². The van der Waals surface area contributed by atoms with Crippen molar-refractivity contribution in [2.75, 3.05) is 17.6 Å². The van der Waals surface area contributed by atoms with Crippen LogP contribution in [0.25, 0.3) is 0 Å². The number of urea groups is 1. The molecule has 9 nitrogen and oxygen atoms in total. The lowest BCUT2D eigenvalue weighted by Gasteiger charge is -2.30. The van der Waals surface area contributed by atoms with Crippen LogP contribution in [-0.4, -0.2) is 57.8 Å². The van der Waals surface area contributed by atoms with Crippen LogP contribution in [0, 0.1) is 6.92 Å². The summed E-state index contributed by atoms with van der Waals surface area (Å²) in [6.07, 6.45) is 0. The minimum Gasteiger partial charge on any atom is -0.478 e. The number of carboxylic acid groups (broad SMARTS) is 1. The number of thiophene rings is 1. The summed E-state index contributed by atoms with van der Waals surface area (Å²) in [5.74, 6) is -1.64. The molecule has 182 valence electrons. The number of ether oxygens (including phenoxy) is 1. The molecule has 2 heterocycles. The second kappa shape index (κ2) is 10.5. The molecule has 3 rings (SSSR count). The number of anilines is 1. The lowest BCUT2D eigenvalue weighted by atomic mass is 10.2. The third kappa shape index (κ3) is 6.51. The standard InChI is InChI=1S/C23H27N3O6S2/c1-13-8-9-17(34-13)19-26(16(12-33-19)21(30)32-23(2,3)4)18(27)11-24-22(31)25-15-7-5-6-14(10-15)20(28)29/h5-10,16,19H,11-12H2,1-4H3,(H,28,29)(H2,24,25,31)/t16-,19?/m0/s1. The highest BCUT2D eigenvalue weighted by molar-refractivity contribution is 7.99. The van der Waals surface area contributed by atoms with Gasteiger partial charge in [0.2, 0.25) is 5.91 Å². The molecule has 0 spiro atoms. The van der Waals surface area contributed by atoms with Crippen molar-refractivity contribution in [3.8, 4) is 0 Å². The molecule has 1 aliphatic heterocycles. The second-order valence-corrected chi connectivity index (χ2v) is 11.1. The maximum absolute atomic E-state index is 13.2. The van der Waals surface area contributed by atoms with E-state index in [4.69, 9.17) is 9.84 Å². The van der Waals surface area contributed by atoms with Gasteiger partial charge in [-0.25, -0.2) is 14.4 Å². The molecule has 11 heteroatoms. The van der Waals surface area contributed by atoms with E-state index < -0.39 is 35.5 Å². The largest absolute Gasteiger partial charge is 0.478 e. The van der Waals surface area contributed by atoms with E-state index in [1.54, 1.807) is 38.2 Å². The minimum absolute atomic E-state index is 0.0252. The first-order chi connectivity index (χ1) is 15.9. The predicted molar refractivity (Wildman–Crippen MR) is 131 cm³/mol. The molecule has 3 amide bonds. The Balaban J connectivity index is 1.71. The monoisotopic (exact) mass is 505 g/mol. The number of amides is 3. The molecule has 34 heavy (non-hydrogen) atoms. The van der Waals surface area contributed by atoms with E-state index in [1.165, 1.54) is 34.9 Å². The first kappa shape index (κ1) is 25.6. The summed E-state index contributed by atoms with van der Waals surface area (Å²) in [4.78, 5) is 53.0. The van der Waals surface area contributed by atoms with Crippen LogP contribution >= 0.6 is 23.1 Å². The number of hydrogen-bond donors (Lipinski definition) is 3. The lowest BCUT2D eigenvalue weighted by Crippen LogP contribution is -2.49. The molecule has 2 aromatic rings. The van der Waals surface area contributed by atoms with Crippen molar-refractivity contribution >= 4 is 52.7 Å². The molecule has 1 fully saturated rings. The molecule has 3 N–H and O–H groups in total. The lowest BCUT2D eigenvalue weighted by molar-refractivity contribution is -0.163. The van der Waals surface area contributed by atoms with E-state index in [1.807, 2.05) is 19.1 Å². The van der Waals surface area contributed by atoms with Crippen molar-refractivity contribution in [1.29, 1.82) is 0 Å². The Labute approximate surface area is 205 Å². The number of aryl methyl sites for hydroxylation is 1. The van der Waals surface area contributed by atoms with Crippen LogP contribution < -0.4 is 10.6 Å². The number of carboxylic acids is 1.